The van der Waals surface area contributed by atoms with E-state index in [2.05, 4.69) is 0 Å². The second-order valence-corrected chi connectivity index (χ2v) is 4.56. The number of ether oxygens (including phenoxy) is 1. The van der Waals surface area contributed by atoms with Crippen molar-refractivity contribution in [2.24, 2.45) is 5.92 Å². The number of benzene rings is 1. The molecule has 4 nitrogen and oxygen atoms in total. The van der Waals surface area contributed by atoms with Crippen molar-refractivity contribution in [2.75, 3.05) is 13.2 Å². The molecule has 0 fully saturated rings. The highest BCUT2D eigenvalue weighted by Crippen LogP contribution is 2.38. The Morgan fingerprint density at radius 1 is 1.48 bits per heavy atom. The Labute approximate surface area is 124 Å². The second kappa shape index (κ2) is 8.39. The van der Waals surface area contributed by atoms with Crippen molar-refractivity contribution in [3.05, 3.63) is 45.8 Å². The van der Waals surface area contributed by atoms with E-state index in [1.54, 1.807) is 6.07 Å². The van der Waals surface area contributed by atoms with E-state index in [0.29, 0.717) is 18.8 Å². The van der Waals surface area contributed by atoms with E-state index in [1.807, 2.05) is 26.8 Å². The van der Waals surface area contributed by atoms with E-state index in [4.69, 9.17) is 4.74 Å². The van der Waals surface area contributed by atoms with Crippen molar-refractivity contribution in [1.82, 2.24) is 0 Å². The van der Waals surface area contributed by atoms with Gasteiger partial charge in [-0.3, -0.25) is 10.1 Å². The lowest BCUT2D eigenvalue weighted by atomic mass is 9.87. The Morgan fingerprint density at radius 2 is 2.19 bits per heavy atom. The van der Waals surface area contributed by atoms with Gasteiger partial charge in [0.1, 0.15) is 11.6 Å². The number of fused-ring (bicyclic) bond motifs is 1. The fourth-order valence-corrected chi connectivity index (χ4v) is 2.35. The van der Waals surface area contributed by atoms with Gasteiger partial charge in [-0.05, 0) is 30.2 Å². The minimum absolute atomic E-state index is 0.0420. The van der Waals surface area contributed by atoms with Crippen LogP contribution in [0.1, 0.15) is 39.2 Å². The Hall–Kier alpha value is -1.91. The van der Waals surface area contributed by atoms with Gasteiger partial charge in [0.2, 0.25) is 6.54 Å². The van der Waals surface area contributed by atoms with Gasteiger partial charge in [0.15, 0.2) is 0 Å². The predicted octanol–water partition coefficient (Wildman–Crippen LogP) is 4.32. The van der Waals surface area contributed by atoms with Crippen LogP contribution in [-0.4, -0.2) is 18.1 Å². The molecule has 116 valence electrons. The smallest absolute Gasteiger partial charge is 0.204 e. The van der Waals surface area contributed by atoms with Gasteiger partial charge in [-0.1, -0.05) is 26.8 Å². The Kier molecular flexibility index (Phi) is 6.85. The summed E-state index contributed by atoms with van der Waals surface area (Å²) in [4.78, 5) is 10.2. The summed E-state index contributed by atoms with van der Waals surface area (Å²) in [6.45, 7) is 6.31. The van der Waals surface area contributed by atoms with Gasteiger partial charge in [-0.2, -0.15) is 0 Å². The van der Waals surface area contributed by atoms with Gasteiger partial charge in [-0.15, -0.1) is 0 Å². The van der Waals surface area contributed by atoms with Gasteiger partial charge in [0, 0.05) is 22.8 Å². The Bertz CT molecular complexity index is 514. The third-order valence-electron chi connectivity index (χ3n) is 3.22. The number of hydrogen-bond acceptors (Lipinski definition) is 3. The molecule has 0 spiro atoms. The van der Waals surface area contributed by atoms with E-state index in [1.165, 1.54) is 12.1 Å². The summed E-state index contributed by atoms with van der Waals surface area (Å²) >= 11 is 0. The maximum Gasteiger partial charge on any atom is 0.204 e. The van der Waals surface area contributed by atoms with Crippen LogP contribution in [0.25, 0.3) is 5.57 Å². The van der Waals surface area contributed by atoms with Crippen LogP contribution in [0.4, 0.5) is 4.39 Å². The van der Waals surface area contributed by atoms with Crippen LogP contribution in [0.3, 0.4) is 0 Å². The molecule has 5 heteroatoms. The van der Waals surface area contributed by atoms with Gasteiger partial charge >= 0.3 is 0 Å². The average Bonchev–Trinajstić information content (AvgIpc) is 2.48. The topological polar surface area (TPSA) is 52.4 Å². The number of rotatable bonds is 4. The zero-order valence-corrected chi connectivity index (χ0v) is 12.8. The van der Waals surface area contributed by atoms with Crippen molar-refractivity contribution < 1.29 is 14.1 Å². The predicted molar refractivity (Wildman–Crippen MR) is 81.5 cm³/mol. The fraction of sp³-hybridized carbons (Fsp3) is 0.500. The number of halogens is 1. The molecule has 1 aromatic carbocycles. The van der Waals surface area contributed by atoms with Gasteiger partial charge in [-0.25, -0.2) is 4.39 Å². The molecule has 1 atom stereocenters. The summed E-state index contributed by atoms with van der Waals surface area (Å²) in [5, 5.41) is 10.5. The summed E-state index contributed by atoms with van der Waals surface area (Å²) in [6.07, 6.45) is 3.22. The van der Waals surface area contributed by atoms with Gasteiger partial charge in [0.25, 0.3) is 0 Å². The number of allylic oxidation sites excluding steroid dienone is 1. The van der Waals surface area contributed by atoms with Crippen LogP contribution < -0.4 is 4.74 Å². The molecule has 1 heterocycles. The Morgan fingerprint density at radius 3 is 2.81 bits per heavy atom. The number of nitrogens with zero attached hydrogens (tertiary/aromatic N) is 1. The lowest BCUT2D eigenvalue weighted by molar-refractivity contribution is -0.481. The molecule has 0 aliphatic carbocycles. The highest BCUT2D eigenvalue weighted by atomic mass is 19.1. The molecule has 1 aromatic rings. The summed E-state index contributed by atoms with van der Waals surface area (Å²) in [5.74, 6) is 0.289. The maximum atomic E-state index is 13.4. The van der Waals surface area contributed by atoms with Gasteiger partial charge in [0.05, 0.1) is 6.61 Å². The quantitative estimate of drug-likeness (QED) is 0.614. The highest BCUT2D eigenvalue weighted by molar-refractivity contribution is 5.73. The molecule has 21 heavy (non-hydrogen) atoms. The first-order valence-corrected chi connectivity index (χ1v) is 7.36. The zero-order valence-electron chi connectivity index (χ0n) is 12.8. The average molecular weight is 295 g/mol. The summed E-state index contributed by atoms with van der Waals surface area (Å²) in [5.41, 5.74) is 1.69. The first kappa shape index (κ1) is 17.1. The van der Waals surface area contributed by atoms with E-state index in [0.717, 1.165) is 17.6 Å². The third kappa shape index (κ3) is 4.55. The van der Waals surface area contributed by atoms with Crippen molar-refractivity contribution in [3.8, 4) is 5.75 Å². The fourth-order valence-electron chi connectivity index (χ4n) is 2.35. The molecule has 0 aromatic heterocycles. The molecule has 1 unspecified atom stereocenters. The molecule has 0 N–H and O–H groups in total. The summed E-state index contributed by atoms with van der Waals surface area (Å²) < 4.78 is 18.9. The van der Waals surface area contributed by atoms with E-state index in [-0.39, 0.29) is 23.2 Å². The van der Waals surface area contributed by atoms with Crippen molar-refractivity contribution >= 4 is 5.57 Å². The van der Waals surface area contributed by atoms with Crippen molar-refractivity contribution in [3.63, 3.8) is 0 Å². The standard InChI is InChI=1S/C14H16FNO3.C2H6/c1-2-3-12-10(6-7-16(17)18)9-19-14-5-4-11(15)8-13(12)14;1-2/h3-5,8,10H,2,6-7,9H2,1H3;1-2H3/b12-3-;. The number of nitro groups is 1. The number of hydrogen-bond donors (Lipinski definition) is 0. The second-order valence-electron chi connectivity index (χ2n) is 4.56. The molecule has 0 saturated heterocycles. The summed E-state index contributed by atoms with van der Waals surface area (Å²) in [6, 6.07) is 4.41. The molecule has 2 rings (SSSR count). The van der Waals surface area contributed by atoms with Gasteiger partial charge < -0.3 is 4.74 Å². The highest BCUT2D eigenvalue weighted by Gasteiger charge is 2.26. The van der Waals surface area contributed by atoms with E-state index >= 15 is 0 Å². The summed E-state index contributed by atoms with van der Waals surface area (Å²) in [7, 11) is 0. The first-order valence-electron chi connectivity index (χ1n) is 7.36. The molecule has 0 bridgehead atoms. The van der Waals surface area contributed by atoms with Crippen LogP contribution in [0, 0.1) is 21.8 Å². The van der Waals surface area contributed by atoms with Crippen molar-refractivity contribution in [1.29, 1.82) is 0 Å². The molecular formula is C16H22FNO3. The van der Waals surface area contributed by atoms with Crippen molar-refractivity contribution in [2.45, 2.75) is 33.6 Å². The van der Waals surface area contributed by atoms with Crippen LogP contribution in [0.2, 0.25) is 0 Å². The minimum atomic E-state index is -0.329. The molecule has 0 amide bonds. The molecule has 1 aliphatic heterocycles. The lowest BCUT2D eigenvalue weighted by Gasteiger charge is -2.27. The minimum Gasteiger partial charge on any atom is -0.492 e. The Balaban J connectivity index is 0.00000106. The molecule has 1 aliphatic rings. The molecule has 0 saturated carbocycles. The van der Waals surface area contributed by atoms with E-state index in [9.17, 15) is 14.5 Å². The largest absolute Gasteiger partial charge is 0.492 e. The molecule has 0 radical (unpaired) electrons. The van der Waals surface area contributed by atoms with Crippen LogP contribution in [-0.2, 0) is 0 Å². The monoisotopic (exact) mass is 295 g/mol. The van der Waals surface area contributed by atoms with Crippen LogP contribution >= 0.6 is 0 Å². The lowest BCUT2D eigenvalue weighted by Crippen LogP contribution is -2.22. The third-order valence-corrected chi connectivity index (χ3v) is 3.22. The molecular weight excluding hydrogens is 273 g/mol. The van der Waals surface area contributed by atoms with E-state index < -0.39 is 0 Å². The SMILES string of the molecule is CC.CC/C=C1\c2cc(F)ccc2OCC1CC[N+](=O)[O-]. The first-order chi connectivity index (χ1) is 10.1. The zero-order chi connectivity index (χ0) is 15.8. The van der Waals surface area contributed by atoms with Crippen LogP contribution in [0.15, 0.2) is 24.3 Å². The van der Waals surface area contributed by atoms with Crippen LogP contribution in [0.5, 0.6) is 5.75 Å². The maximum absolute atomic E-state index is 13.4. The normalized spacial score (nSPS) is 18.3.